The van der Waals surface area contributed by atoms with Crippen LogP contribution in [-0.2, 0) is 4.79 Å². The highest BCUT2D eigenvalue weighted by atomic mass is 35.5. The van der Waals surface area contributed by atoms with Crippen LogP contribution in [0.2, 0.25) is 0 Å². The topological polar surface area (TPSA) is 95.8 Å². The van der Waals surface area contributed by atoms with E-state index >= 15 is 0 Å². The first-order valence-corrected chi connectivity index (χ1v) is 8.85. The lowest BCUT2D eigenvalue weighted by molar-refractivity contribution is -0.384. The Labute approximate surface area is 155 Å². The summed E-state index contributed by atoms with van der Waals surface area (Å²) in [5, 5.41) is 13.8. The van der Waals surface area contributed by atoms with Gasteiger partial charge in [-0.1, -0.05) is 0 Å². The second-order valence-corrected chi connectivity index (χ2v) is 6.72. The fraction of sp³-hybridized carbons (Fsp3) is 0.467. The van der Waals surface area contributed by atoms with E-state index < -0.39 is 4.92 Å². The van der Waals surface area contributed by atoms with Crippen LogP contribution in [0.15, 0.2) is 24.3 Å². The molecule has 136 valence electrons. The standard InChI is InChI=1S/C15H18N4O4S.ClH/c20-14(11-1-3-12(4-2-11)19(22)23)17-5-7-18(8-6-17)15(21)13-9-24-10-16-13;/h1-4,13,16H,5-10H2;1H. The van der Waals surface area contributed by atoms with Crippen molar-refractivity contribution >= 4 is 41.7 Å². The number of rotatable bonds is 3. The minimum absolute atomic E-state index is 0. The highest BCUT2D eigenvalue weighted by Gasteiger charge is 2.30. The van der Waals surface area contributed by atoms with Crippen molar-refractivity contribution < 1.29 is 14.5 Å². The molecule has 25 heavy (non-hydrogen) atoms. The lowest BCUT2D eigenvalue weighted by atomic mass is 10.1. The van der Waals surface area contributed by atoms with E-state index in [1.807, 2.05) is 0 Å². The number of carbonyl (C=O) groups is 2. The Morgan fingerprint density at radius 3 is 2.24 bits per heavy atom. The number of benzene rings is 1. The zero-order chi connectivity index (χ0) is 17.1. The summed E-state index contributed by atoms with van der Waals surface area (Å²) in [7, 11) is 0. The third-order valence-electron chi connectivity index (χ3n) is 4.22. The molecule has 1 aromatic rings. The molecule has 0 bridgehead atoms. The van der Waals surface area contributed by atoms with Crippen LogP contribution in [0.25, 0.3) is 0 Å². The van der Waals surface area contributed by atoms with Crippen molar-refractivity contribution in [3.63, 3.8) is 0 Å². The van der Waals surface area contributed by atoms with Gasteiger partial charge in [0.15, 0.2) is 0 Å². The van der Waals surface area contributed by atoms with Gasteiger partial charge >= 0.3 is 0 Å². The number of halogens is 1. The molecule has 2 fully saturated rings. The number of nitro benzene ring substituents is 1. The predicted octanol–water partition coefficient (Wildman–Crippen LogP) is 0.964. The molecule has 0 saturated carbocycles. The number of carbonyl (C=O) groups excluding carboxylic acids is 2. The van der Waals surface area contributed by atoms with Crippen LogP contribution in [-0.4, -0.2) is 70.4 Å². The first-order valence-electron chi connectivity index (χ1n) is 7.70. The van der Waals surface area contributed by atoms with E-state index in [-0.39, 0.29) is 36.0 Å². The van der Waals surface area contributed by atoms with Gasteiger partial charge in [0.25, 0.3) is 11.6 Å². The molecule has 3 rings (SSSR count). The van der Waals surface area contributed by atoms with E-state index in [0.717, 1.165) is 11.6 Å². The van der Waals surface area contributed by atoms with Gasteiger partial charge in [-0.25, -0.2) is 0 Å². The fourth-order valence-electron chi connectivity index (χ4n) is 2.81. The minimum atomic E-state index is -0.492. The van der Waals surface area contributed by atoms with Gasteiger partial charge in [-0.15, -0.1) is 24.2 Å². The third-order valence-corrected chi connectivity index (χ3v) is 5.16. The molecule has 10 heteroatoms. The summed E-state index contributed by atoms with van der Waals surface area (Å²) >= 11 is 1.71. The monoisotopic (exact) mass is 386 g/mol. The molecule has 0 aliphatic carbocycles. The highest BCUT2D eigenvalue weighted by Crippen LogP contribution is 2.16. The zero-order valence-electron chi connectivity index (χ0n) is 13.4. The number of nitrogens with zero attached hydrogens (tertiary/aromatic N) is 3. The quantitative estimate of drug-likeness (QED) is 0.614. The maximum atomic E-state index is 12.5. The van der Waals surface area contributed by atoms with Gasteiger partial charge in [0.2, 0.25) is 5.91 Å². The number of hydrogen-bond acceptors (Lipinski definition) is 6. The van der Waals surface area contributed by atoms with Crippen LogP contribution in [0.5, 0.6) is 0 Å². The second kappa shape index (κ2) is 8.50. The van der Waals surface area contributed by atoms with Crippen LogP contribution in [0.1, 0.15) is 10.4 Å². The number of amides is 2. The Bertz CT molecular complexity index is 643. The number of nitro groups is 1. The summed E-state index contributed by atoms with van der Waals surface area (Å²) in [5.74, 6) is 1.53. The first kappa shape index (κ1) is 19.5. The Hall–Kier alpha value is -1.84. The van der Waals surface area contributed by atoms with Crippen LogP contribution in [0.4, 0.5) is 5.69 Å². The number of hydrogen-bond donors (Lipinski definition) is 1. The maximum Gasteiger partial charge on any atom is 0.269 e. The molecule has 2 saturated heterocycles. The van der Waals surface area contributed by atoms with Crippen LogP contribution in [0, 0.1) is 10.1 Å². The molecular weight excluding hydrogens is 368 g/mol. The van der Waals surface area contributed by atoms with Crippen molar-refractivity contribution in [1.29, 1.82) is 0 Å². The Morgan fingerprint density at radius 2 is 1.72 bits per heavy atom. The van der Waals surface area contributed by atoms with Crippen LogP contribution >= 0.6 is 24.2 Å². The van der Waals surface area contributed by atoms with Crippen LogP contribution in [0.3, 0.4) is 0 Å². The van der Waals surface area contributed by atoms with Crippen LogP contribution < -0.4 is 5.32 Å². The molecule has 2 aliphatic rings. The summed E-state index contributed by atoms with van der Waals surface area (Å²) in [6.07, 6.45) is 0. The van der Waals surface area contributed by atoms with Gasteiger partial charge in [-0.2, -0.15) is 0 Å². The molecule has 0 radical (unpaired) electrons. The second-order valence-electron chi connectivity index (χ2n) is 5.69. The van der Waals surface area contributed by atoms with Gasteiger partial charge in [0.05, 0.1) is 11.0 Å². The number of piperazine rings is 1. The third kappa shape index (κ3) is 4.42. The molecule has 1 unspecified atom stereocenters. The maximum absolute atomic E-state index is 12.5. The molecular formula is C15H19ClN4O4S. The van der Waals surface area contributed by atoms with Crippen molar-refractivity contribution in [1.82, 2.24) is 15.1 Å². The molecule has 2 amide bonds. The Balaban J connectivity index is 0.00000225. The molecule has 0 spiro atoms. The van der Waals surface area contributed by atoms with Crippen molar-refractivity contribution in [2.24, 2.45) is 0 Å². The largest absolute Gasteiger partial charge is 0.338 e. The van der Waals surface area contributed by atoms with Crippen molar-refractivity contribution in [2.75, 3.05) is 37.8 Å². The average molecular weight is 387 g/mol. The SMILES string of the molecule is Cl.O=C(c1ccc([N+](=O)[O-])cc1)N1CCN(C(=O)C2CSCN2)CC1. The fourth-order valence-corrected chi connectivity index (χ4v) is 3.75. The van der Waals surface area contributed by atoms with E-state index in [1.165, 1.54) is 24.3 Å². The zero-order valence-corrected chi connectivity index (χ0v) is 15.1. The van der Waals surface area contributed by atoms with Gasteiger partial charge in [-0.3, -0.25) is 25.0 Å². The molecule has 2 aliphatic heterocycles. The lowest BCUT2D eigenvalue weighted by Crippen LogP contribution is -2.54. The molecule has 0 aromatic heterocycles. The molecule has 2 heterocycles. The van der Waals surface area contributed by atoms with E-state index in [4.69, 9.17) is 0 Å². The minimum Gasteiger partial charge on any atom is -0.338 e. The Morgan fingerprint density at radius 1 is 1.12 bits per heavy atom. The summed E-state index contributed by atoms with van der Waals surface area (Å²) < 4.78 is 0. The molecule has 8 nitrogen and oxygen atoms in total. The summed E-state index contributed by atoms with van der Waals surface area (Å²) in [5.41, 5.74) is 0.387. The van der Waals surface area contributed by atoms with Crippen molar-refractivity contribution in [3.05, 3.63) is 39.9 Å². The molecule has 1 atom stereocenters. The van der Waals surface area contributed by atoms with Gasteiger partial charge < -0.3 is 9.80 Å². The first-order chi connectivity index (χ1) is 11.6. The van der Waals surface area contributed by atoms with E-state index in [0.29, 0.717) is 31.7 Å². The summed E-state index contributed by atoms with van der Waals surface area (Å²) in [6, 6.07) is 5.48. The highest BCUT2D eigenvalue weighted by molar-refractivity contribution is 7.99. The van der Waals surface area contributed by atoms with E-state index in [2.05, 4.69) is 5.32 Å². The smallest absolute Gasteiger partial charge is 0.269 e. The van der Waals surface area contributed by atoms with Gasteiger partial charge in [0.1, 0.15) is 0 Å². The molecule has 1 N–H and O–H groups in total. The summed E-state index contributed by atoms with van der Waals surface area (Å²) in [6.45, 7) is 1.98. The number of nitrogens with one attached hydrogen (secondary N) is 1. The van der Waals surface area contributed by atoms with Gasteiger partial charge in [-0.05, 0) is 12.1 Å². The summed E-state index contributed by atoms with van der Waals surface area (Å²) in [4.78, 5) is 38.4. The van der Waals surface area contributed by atoms with Crippen molar-refractivity contribution in [3.8, 4) is 0 Å². The van der Waals surface area contributed by atoms with Gasteiger partial charge in [0, 0.05) is 55.5 Å². The van der Waals surface area contributed by atoms with E-state index in [1.54, 1.807) is 21.6 Å². The number of non-ortho nitro benzene ring substituents is 1. The lowest BCUT2D eigenvalue weighted by Gasteiger charge is -2.35. The average Bonchev–Trinajstić information content (AvgIpc) is 3.15. The number of thioether (sulfide) groups is 1. The van der Waals surface area contributed by atoms with Crippen molar-refractivity contribution in [2.45, 2.75) is 6.04 Å². The van der Waals surface area contributed by atoms with E-state index in [9.17, 15) is 19.7 Å². The normalized spacial score (nSPS) is 20.1. The molecule has 1 aromatic carbocycles. The Kier molecular flexibility index (Phi) is 6.63. The predicted molar refractivity (Wildman–Crippen MR) is 97.1 cm³/mol.